The highest BCUT2D eigenvalue weighted by atomic mass is 19.1. The van der Waals surface area contributed by atoms with Gasteiger partial charge in [-0.1, -0.05) is 12.1 Å². The molecule has 1 aromatic rings. The van der Waals surface area contributed by atoms with Crippen molar-refractivity contribution in [2.75, 3.05) is 33.4 Å². The lowest BCUT2D eigenvalue weighted by Gasteiger charge is -2.42. The highest BCUT2D eigenvalue weighted by Gasteiger charge is 2.30. The van der Waals surface area contributed by atoms with Crippen LogP contribution >= 0.6 is 0 Å². The molecule has 4 heteroatoms. The molecular formula is C16H25FN2O. The fourth-order valence-corrected chi connectivity index (χ4v) is 2.76. The van der Waals surface area contributed by atoms with Gasteiger partial charge in [0.25, 0.3) is 0 Å². The zero-order valence-corrected chi connectivity index (χ0v) is 12.7. The maximum absolute atomic E-state index is 13.0. The number of rotatable bonds is 5. The van der Waals surface area contributed by atoms with Crippen LogP contribution in [0.15, 0.2) is 24.3 Å². The number of nitrogens with one attached hydrogen (secondary N) is 1. The lowest BCUT2D eigenvalue weighted by Crippen LogP contribution is -2.53. The van der Waals surface area contributed by atoms with Gasteiger partial charge in [0, 0.05) is 24.7 Å². The quantitative estimate of drug-likeness (QED) is 0.897. The molecule has 1 saturated heterocycles. The second kappa shape index (κ2) is 6.66. The van der Waals surface area contributed by atoms with Crippen molar-refractivity contribution in [2.24, 2.45) is 0 Å². The molecule has 0 bridgehead atoms. The van der Waals surface area contributed by atoms with Crippen molar-refractivity contribution >= 4 is 0 Å². The molecule has 2 rings (SSSR count). The topological polar surface area (TPSA) is 24.5 Å². The molecule has 1 heterocycles. The van der Waals surface area contributed by atoms with Gasteiger partial charge in [-0.2, -0.15) is 0 Å². The van der Waals surface area contributed by atoms with Crippen LogP contribution in [-0.2, 0) is 4.74 Å². The predicted octanol–water partition coefficient (Wildman–Crippen LogP) is 2.59. The van der Waals surface area contributed by atoms with E-state index in [9.17, 15) is 4.39 Å². The molecule has 1 atom stereocenters. The Hall–Kier alpha value is -0.970. The third-order valence-electron chi connectivity index (χ3n) is 4.13. The van der Waals surface area contributed by atoms with E-state index in [1.54, 1.807) is 0 Å². The fraction of sp³-hybridized carbons (Fsp3) is 0.625. The van der Waals surface area contributed by atoms with E-state index in [0.29, 0.717) is 0 Å². The van der Waals surface area contributed by atoms with E-state index in [-0.39, 0.29) is 17.4 Å². The van der Waals surface area contributed by atoms with Crippen molar-refractivity contribution in [1.29, 1.82) is 0 Å². The zero-order valence-electron chi connectivity index (χ0n) is 12.7. The minimum atomic E-state index is -0.182. The summed E-state index contributed by atoms with van der Waals surface area (Å²) in [4.78, 5) is 2.48. The average molecular weight is 280 g/mol. The first-order valence-corrected chi connectivity index (χ1v) is 7.28. The monoisotopic (exact) mass is 280 g/mol. The SMILES string of the molecule is CNC(CCN1CCOCC1(C)C)c1ccc(F)cc1. The summed E-state index contributed by atoms with van der Waals surface area (Å²) in [6.45, 7) is 8.03. The number of nitrogens with zero attached hydrogens (tertiary/aromatic N) is 1. The van der Waals surface area contributed by atoms with Crippen LogP contribution in [0.3, 0.4) is 0 Å². The van der Waals surface area contributed by atoms with E-state index >= 15 is 0 Å². The van der Waals surface area contributed by atoms with E-state index in [1.165, 1.54) is 12.1 Å². The summed E-state index contributed by atoms with van der Waals surface area (Å²) < 4.78 is 18.5. The van der Waals surface area contributed by atoms with E-state index in [4.69, 9.17) is 4.74 Å². The Bertz CT molecular complexity index is 419. The molecule has 1 aliphatic heterocycles. The Morgan fingerprint density at radius 1 is 1.35 bits per heavy atom. The van der Waals surface area contributed by atoms with Crippen molar-refractivity contribution in [2.45, 2.75) is 31.8 Å². The minimum absolute atomic E-state index is 0.0966. The summed E-state index contributed by atoms with van der Waals surface area (Å²) in [5.74, 6) is -0.182. The van der Waals surface area contributed by atoms with E-state index in [0.717, 1.165) is 38.3 Å². The second-order valence-corrected chi connectivity index (χ2v) is 6.03. The Balaban J connectivity index is 1.95. The molecule has 112 valence electrons. The first-order valence-electron chi connectivity index (χ1n) is 7.28. The minimum Gasteiger partial charge on any atom is -0.378 e. The number of hydrogen-bond acceptors (Lipinski definition) is 3. The van der Waals surface area contributed by atoms with Crippen molar-refractivity contribution in [1.82, 2.24) is 10.2 Å². The standard InChI is InChI=1S/C16H25FN2O/c1-16(2)12-20-11-10-19(16)9-8-15(18-3)13-4-6-14(17)7-5-13/h4-7,15,18H,8-12H2,1-3H3. The molecule has 1 N–H and O–H groups in total. The van der Waals surface area contributed by atoms with Gasteiger partial charge in [0.1, 0.15) is 5.82 Å². The van der Waals surface area contributed by atoms with Crippen LogP contribution in [-0.4, -0.2) is 43.8 Å². The summed E-state index contributed by atoms with van der Waals surface area (Å²) in [5, 5.41) is 3.32. The van der Waals surface area contributed by atoms with Crippen LogP contribution in [0.4, 0.5) is 4.39 Å². The van der Waals surface area contributed by atoms with Gasteiger partial charge in [-0.25, -0.2) is 4.39 Å². The van der Waals surface area contributed by atoms with Crippen molar-refractivity contribution in [3.63, 3.8) is 0 Å². The predicted molar refractivity (Wildman–Crippen MR) is 79.3 cm³/mol. The van der Waals surface area contributed by atoms with E-state index in [1.807, 2.05) is 19.2 Å². The highest BCUT2D eigenvalue weighted by Crippen LogP contribution is 2.23. The molecule has 0 saturated carbocycles. The molecule has 0 radical (unpaired) electrons. The number of benzene rings is 1. The Labute approximate surface area is 121 Å². The smallest absolute Gasteiger partial charge is 0.123 e. The summed E-state index contributed by atoms with van der Waals surface area (Å²) in [6, 6.07) is 7.03. The molecule has 0 amide bonds. The number of ether oxygens (including phenoxy) is 1. The Kier molecular flexibility index (Phi) is 5.13. The molecule has 0 spiro atoms. The highest BCUT2D eigenvalue weighted by molar-refractivity contribution is 5.19. The lowest BCUT2D eigenvalue weighted by atomic mass is 9.99. The van der Waals surface area contributed by atoms with Gasteiger partial charge >= 0.3 is 0 Å². The van der Waals surface area contributed by atoms with E-state index in [2.05, 4.69) is 24.1 Å². The molecule has 20 heavy (non-hydrogen) atoms. The summed E-state index contributed by atoms with van der Waals surface area (Å²) in [5.41, 5.74) is 1.24. The summed E-state index contributed by atoms with van der Waals surface area (Å²) >= 11 is 0. The normalized spacial score (nSPS) is 20.8. The maximum atomic E-state index is 13.0. The van der Waals surface area contributed by atoms with Gasteiger partial charge in [0.15, 0.2) is 0 Å². The largest absolute Gasteiger partial charge is 0.378 e. The van der Waals surface area contributed by atoms with Gasteiger partial charge in [0.05, 0.1) is 13.2 Å². The van der Waals surface area contributed by atoms with Gasteiger partial charge in [-0.3, -0.25) is 4.90 Å². The van der Waals surface area contributed by atoms with Crippen molar-refractivity contribution in [3.05, 3.63) is 35.6 Å². The van der Waals surface area contributed by atoms with Crippen LogP contribution in [0.5, 0.6) is 0 Å². The summed E-state index contributed by atoms with van der Waals surface area (Å²) in [7, 11) is 1.96. The lowest BCUT2D eigenvalue weighted by molar-refractivity contribution is -0.0520. The molecule has 3 nitrogen and oxygen atoms in total. The first-order chi connectivity index (χ1) is 9.53. The number of hydrogen-bond donors (Lipinski definition) is 1. The summed E-state index contributed by atoms with van der Waals surface area (Å²) in [6.07, 6.45) is 1.01. The fourth-order valence-electron chi connectivity index (χ4n) is 2.76. The van der Waals surface area contributed by atoms with Crippen molar-refractivity contribution < 1.29 is 9.13 Å². The van der Waals surface area contributed by atoms with Gasteiger partial charge in [0.2, 0.25) is 0 Å². The van der Waals surface area contributed by atoms with Crippen LogP contribution in [0, 0.1) is 5.82 Å². The van der Waals surface area contributed by atoms with Gasteiger partial charge in [-0.15, -0.1) is 0 Å². The van der Waals surface area contributed by atoms with Gasteiger partial charge in [-0.05, 0) is 45.0 Å². The van der Waals surface area contributed by atoms with Crippen molar-refractivity contribution in [3.8, 4) is 0 Å². The third kappa shape index (κ3) is 3.78. The molecule has 1 aromatic carbocycles. The first kappa shape index (κ1) is 15.4. The Morgan fingerprint density at radius 2 is 2.05 bits per heavy atom. The van der Waals surface area contributed by atoms with E-state index < -0.39 is 0 Å². The van der Waals surface area contributed by atoms with Crippen LogP contribution < -0.4 is 5.32 Å². The molecule has 1 fully saturated rings. The van der Waals surface area contributed by atoms with Crippen LogP contribution in [0.1, 0.15) is 31.9 Å². The third-order valence-corrected chi connectivity index (χ3v) is 4.13. The van der Waals surface area contributed by atoms with Gasteiger partial charge < -0.3 is 10.1 Å². The molecular weight excluding hydrogens is 255 g/mol. The Morgan fingerprint density at radius 3 is 2.65 bits per heavy atom. The average Bonchev–Trinajstić information content (AvgIpc) is 2.42. The second-order valence-electron chi connectivity index (χ2n) is 6.03. The molecule has 0 aromatic heterocycles. The molecule has 0 aliphatic carbocycles. The zero-order chi connectivity index (χ0) is 14.6. The molecule has 1 aliphatic rings. The van der Waals surface area contributed by atoms with Crippen LogP contribution in [0.2, 0.25) is 0 Å². The molecule has 1 unspecified atom stereocenters. The number of morpholine rings is 1. The number of halogens is 1. The van der Waals surface area contributed by atoms with Crippen LogP contribution in [0.25, 0.3) is 0 Å². The maximum Gasteiger partial charge on any atom is 0.123 e.